The zero-order valence-electron chi connectivity index (χ0n) is 12.1. The molecule has 0 unspecified atom stereocenters. The van der Waals surface area contributed by atoms with Gasteiger partial charge in [-0.25, -0.2) is 0 Å². The van der Waals surface area contributed by atoms with Crippen LogP contribution in [0.1, 0.15) is 17.5 Å². The molecule has 0 radical (unpaired) electrons. The van der Waals surface area contributed by atoms with E-state index in [0.717, 1.165) is 32.0 Å². The lowest BCUT2D eigenvalue weighted by Crippen LogP contribution is -2.27. The zero-order chi connectivity index (χ0) is 13.4. The van der Waals surface area contributed by atoms with Crippen LogP contribution in [0.2, 0.25) is 0 Å². The van der Waals surface area contributed by atoms with Crippen molar-refractivity contribution < 1.29 is 4.74 Å². The van der Waals surface area contributed by atoms with E-state index in [0.29, 0.717) is 0 Å². The fraction of sp³-hybridized carbons (Fsp3) is 0.600. The van der Waals surface area contributed by atoms with Gasteiger partial charge < -0.3 is 15.0 Å². The molecule has 0 spiro atoms. The van der Waals surface area contributed by atoms with Gasteiger partial charge in [0.05, 0.1) is 0 Å². The highest BCUT2D eigenvalue weighted by Crippen LogP contribution is 2.15. The number of nitrogens with zero attached hydrogens (tertiary/aromatic N) is 1. The van der Waals surface area contributed by atoms with Crippen LogP contribution in [0.15, 0.2) is 18.2 Å². The van der Waals surface area contributed by atoms with Gasteiger partial charge in [-0.2, -0.15) is 0 Å². The van der Waals surface area contributed by atoms with E-state index >= 15 is 0 Å². The van der Waals surface area contributed by atoms with E-state index in [4.69, 9.17) is 4.74 Å². The number of aryl methyl sites for hydroxylation is 2. The highest BCUT2D eigenvalue weighted by Gasteiger charge is 2.00. The second-order valence-electron chi connectivity index (χ2n) is 4.93. The van der Waals surface area contributed by atoms with E-state index in [1.54, 1.807) is 0 Å². The summed E-state index contributed by atoms with van der Waals surface area (Å²) in [5.41, 5.74) is 2.51. The highest BCUT2D eigenvalue weighted by atomic mass is 16.5. The van der Waals surface area contributed by atoms with Gasteiger partial charge in [0.2, 0.25) is 0 Å². The largest absolute Gasteiger partial charge is 0.492 e. The summed E-state index contributed by atoms with van der Waals surface area (Å²) in [5.74, 6) is 0.983. The smallest absolute Gasteiger partial charge is 0.119 e. The molecule has 0 heterocycles. The van der Waals surface area contributed by atoms with Crippen molar-refractivity contribution in [3.05, 3.63) is 29.3 Å². The van der Waals surface area contributed by atoms with Gasteiger partial charge in [0, 0.05) is 6.54 Å². The first-order valence-electron chi connectivity index (χ1n) is 6.66. The van der Waals surface area contributed by atoms with Crippen LogP contribution in [0, 0.1) is 13.8 Å². The Balaban J connectivity index is 2.24. The Morgan fingerprint density at radius 3 is 2.39 bits per heavy atom. The molecule has 3 heteroatoms. The van der Waals surface area contributed by atoms with E-state index in [9.17, 15) is 0 Å². The Bertz CT molecular complexity index is 332. The first-order valence-corrected chi connectivity index (χ1v) is 6.66. The summed E-state index contributed by atoms with van der Waals surface area (Å²) in [4.78, 5) is 2.31. The van der Waals surface area contributed by atoms with Crippen LogP contribution < -0.4 is 10.1 Å². The molecule has 1 aromatic carbocycles. The summed E-state index contributed by atoms with van der Waals surface area (Å²) in [7, 11) is 4.13. The van der Waals surface area contributed by atoms with Gasteiger partial charge in [0.1, 0.15) is 12.4 Å². The Morgan fingerprint density at radius 1 is 1.11 bits per heavy atom. The molecule has 3 nitrogen and oxygen atoms in total. The van der Waals surface area contributed by atoms with Gasteiger partial charge in [0.25, 0.3) is 0 Å². The van der Waals surface area contributed by atoms with Gasteiger partial charge in [-0.1, -0.05) is 6.07 Å². The number of likely N-dealkylation sites (N-methyl/N-ethyl adjacent to an activating group) is 1. The summed E-state index contributed by atoms with van der Waals surface area (Å²) >= 11 is 0. The lowest BCUT2D eigenvalue weighted by atomic mass is 10.1. The molecule has 0 aromatic heterocycles. The van der Waals surface area contributed by atoms with Crippen LogP contribution in [0.3, 0.4) is 0 Å². The molecule has 0 fully saturated rings. The van der Waals surface area contributed by atoms with E-state index in [1.807, 2.05) is 7.05 Å². The second kappa shape index (κ2) is 8.11. The molecule has 0 amide bonds. The second-order valence-corrected chi connectivity index (χ2v) is 4.93. The molecule has 0 bridgehead atoms. The van der Waals surface area contributed by atoms with E-state index in [2.05, 4.69) is 49.3 Å². The standard InChI is InChI=1S/C15H26N2O/c1-13-10-14(2)12-15(11-13)18-9-8-17(4)7-5-6-16-3/h10-12,16H,5-9H2,1-4H3. The lowest BCUT2D eigenvalue weighted by Gasteiger charge is -2.17. The number of benzene rings is 1. The maximum atomic E-state index is 5.79. The first-order chi connectivity index (χ1) is 8.61. The summed E-state index contributed by atoms with van der Waals surface area (Å²) in [6.07, 6.45) is 1.18. The van der Waals surface area contributed by atoms with Crippen LogP contribution in [0.4, 0.5) is 0 Å². The van der Waals surface area contributed by atoms with Crippen molar-refractivity contribution in [3.8, 4) is 5.75 Å². The van der Waals surface area contributed by atoms with Crippen molar-refractivity contribution in [2.45, 2.75) is 20.3 Å². The minimum absolute atomic E-state index is 0.749. The Morgan fingerprint density at radius 2 is 1.78 bits per heavy atom. The van der Waals surface area contributed by atoms with Crippen LogP contribution >= 0.6 is 0 Å². The van der Waals surface area contributed by atoms with Gasteiger partial charge in [0.15, 0.2) is 0 Å². The molecule has 0 aliphatic rings. The molecular weight excluding hydrogens is 224 g/mol. The molecular formula is C15H26N2O. The first kappa shape index (κ1) is 15.0. The molecule has 0 saturated heterocycles. The molecule has 0 aliphatic heterocycles. The van der Waals surface area contributed by atoms with Crippen molar-refractivity contribution in [3.63, 3.8) is 0 Å². The fourth-order valence-corrected chi connectivity index (χ4v) is 1.97. The maximum Gasteiger partial charge on any atom is 0.119 e. The van der Waals surface area contributed by atoms with Crippen molar-refractivity contribution in [2.75, 3.05) is 40.3 Å². The minimum atomic E-state index is 0.749. The van der Waals surface area contributed by atoms with Crippen molar-refractivity contribution >= 4 is 0 Å². The zero-order valence-corrected chi connectivity index (χ0v) is 12.1. The van der Waals surface area contributed by atoms with Crippen molar-refractivity contribution in [2.24, 2.45) is 0 Å². The monoisotopic (exact) mass is 250 g/mol. The summed E-state index contributed by atoms with van der Waals surface area (Å²) in [6, 6.07) is 6.35. The quantitative estimate of drug-likeness (QED) is 0.716. The predicted octanol–water partition coefficient (Wildman–Crippen LogP) is 2.22. The van der Waals surface area contributed by atoms with Crippen molar-refractivity contribution in [1.29, 1.82) is 0 Å². The average molecular weight is 250 g/mol. The van der Waals surface area contributed by atoms with E-state index < -0.39 is 0 Å². The topological polar surface area (TPSA) is 24.5 Å². The summed E-state index contributed by atoms with van der Waals surface area (Å²) in [6.45, 7) is 8.10. The van der Waals surface area contributed by atoms with Gasteiger partial charge in [-0.05, 0) is 70.7 Å². The third-order valence-electron chi connectivity index (χ3n) is 2.90. The Kier molecular flexibility index (Phi) is 6.76. The van der Waals surface area contributed by atoms with Gasteiger partial charge >= 0.3 is 0 Å². The highest BCUT2D eigenvalue weighted by molar-refractivity contribution is 5.32. The molecule has 1 aromatic rings. The molecule has 1 N–H and O–H groups in total. The van der Waals surface area contributed by atoms with Crippen LogP contribution in [-0.4, -0.2) is 45.2 Å². The predicted molar refractivity (Wildman–Crippen MR) is 77.5 cm³/mol. The summed E-state index contributed by atoms with van der Waals surface area (Å²) < 4.78 is 5.79. The van der Waals surface area contributed by atoms with Gasteiger partial charge in [-0.3, -0.25) is 0 Å². The molecule has 0 aliphatic carbocycles. The fourth-order valence-electron chi connectivity index (χ4n) is 1.97. The Labute approximate surface area is 111 Å². The summed E-state index contributed by atoms with van der Waals surface area (Å²) in [5, 5.41) is 3.16. The molecule has 102 valence electrons. The van der Waals surface area contributed by atoms with Gasteiger partial charge in [-0.15, -0.1) is 0 Å². The van der Waals surface area contributed by atoms with Crippen LogP contribution in [0.25, 0.3) is 0 Å². The molecule has 1 rings (SSSR count). The molecule has 0 saturated carbocycles. The number of ether oxygens (including phenoxy) is 1. The van der Waals surface area contributed by atoms with E-state index in [1.165, 1.54) is 17.5 Å². The lowest BCUT2D eigenvalue weighted by molar-refractivity contribution is 0.235. The molecule has 0 atom stereocenters. The third kappa shape index (κ3) is 6.03. The number of nitrogens with one attached hydrogen (secondary N) is 1. The maximum absolute atomic E-state index is 5.79. The molecule has 18 heavy (non-hydrogen) atoms. The normalized spacial score (nSPS) is 10.9. The van der Waals surface area contributed by atoms with Crippen LogP contribution in [-0.2, 0) is 0 Å². The number of hydrogen-bond acceptors (Lipinski definition) is 3. The van der Waals surface area contributed by atoms with Crippen LogP contribution in [0.5, 0.6) is 5.75 Å². The van der Waals surface area contributed by atoms with Crippen molar-refractivity contribution in [1.82, 2.24) is 10.2 Å². The number of hydrogen-bond donors (Lipinski definition) is 1. The minimum Gasteiger partial charge on any atom is -0.492 e. The van der Waals surface area contributed by atoms with E-state index in [-0.39, 0.29) is 0 Å². The number of rotatable bonds is 8. The Hall–Kier alpha value is -1.06. The third-order valence-corrected chi connectivity index (χ3v) is 2.90. The SMILES string of the molecule is CNCCCN(C)CCOc1cc(C)cc(C)c1. The average Bonchev–Trinajstić information content (AvgIpc) is 2.28.